The molecule has 0 spiro atoms. The molecule has 106 valence electrons. The summed E-state index contributed by atoms with van der Waals surface area (Å²) in [6.07, 6.45) is 2.69. The summed E-state index contributed by atoms with van der Waals surface area (Å²) in [5.74, 6) is 0.494. The van der Waals surface area contributed by atoms with E-state index in [4.69, 9.17) is 5.73 Å². The fraction of sp³-hybridized carbons (Fsp3) is 0.500. The van der Waals surface area contributed by atoms with Gasteiger partial charge in [0.15, 0.2) is 5.96 Å². The number of guanidine groups is 1. The van der Waals surface area contributed by atoms with E-state index >= 15 is 0 Å². The number of anilines is 1. The number of nitrogens with one attached hydrogen (secondary N) is 1. The van der Waals surface area contributed by atoms with Crippen LogP contribution >= 0.6 is 24.0 Å². The van der Waals surface area contributed by atoms with Gasteiger partial charge in [0.25, 0.3) is 0 Å². The van der Waals surface area contributed by atoms with Gasteiger partial charge >= 0.3 is 0 Å². The molecule has 4 nitrogen and oxygen atoms in total. The summed E-state index contributed by atoms with van der Waals surface area (Å²) in [6.45, 7) is 5.06. The van der Waals surface area contributed by atoms with E-state index in [0.29, 0.717) is 5.96 Å². The van der Waals surface area contributed by atoms with Crippen molar-refractivity contribution in [2.24, 2.45) is 10.7 Å². The Hall–Kier alpha value is -0.820. The first-order valence-electron chi connectivity index (χ1n) is 6.65. The highest BCUT2D eigenvalue weighted by molar-refractivity contribution is 14.0. The van der Waals surface area contributed by atoms with Crippen LogP contribution in [0.1, 0.15) is 19.8 Å². The van der Waals surface area contributed by atoms with Gasteiger partial charge in [0.2, 0.25) is 0 Å². The molecule has 0 unspecified atom stereocenters. The summed E-state index contributed by atoms with van der Waals surface area (Å²) in [6, 6.07) is 10.7. The molecule has 1 saturated carbocycles. The average molecular weight is 374 g/mol. The van der Waals surface area contributed by atoms with Crippen molar-refractivity contribution in [3.8, 4) is 0 Å². The number of benzene rings is 1. The van der Waals surface area contributed by atoms with E-state index in [1.54, 1.807) is 0 Å². The van der Waals surface area contributed by atoms with Gasteiger partial charge in [-0.05, 0) is 31.5 Å². The van der Waals surface area contributed by atoms with Crippen LogP contribution in [0.5, 0.6) is 0 Å². The van der Waals surface area contributed by atoms with Gasteiger partial charge < -0.3 is 11.1 Å². The topological polar surface area (TPSA) is 53.6 Å². The largest absolute Gasteiger partial charge is 0.370 e. The molecule has 0 bridgehead atoms. The molecule has 0 aliphatic heterocycles. The summed E-state index contributed by atoms with van der Waals surface area (Å²) in [4.78, 5) is 6.83. The first kappa shape index (κ1) is 16.2. The maximum absolute atomic E-state index is 5.85. The maximum atomic E-state index is 5.85. The summed E-state index contributed by atoms with van der Waals surface area (Å²) < 4.78 is 0. The Morgan fingerprint density at radius 2 is 2.05 bits per heavy atom. The lowest BCUT2D eigenvalue weighted by molar-refractivity contribution is 0.286. The number of halogens is 1. The van der Waals surface area contributed by atoms with Crippen LogP contribution in [0.4, 0.5) is 5.69 Å². The van der Waals surface area contributed by atoms with E-state index in [2.05, 4.69) is 22.1 Å². The van der Waals surface area contributed by atoms with E-state index in [0.717, 1.165) is 31.4 Å². The molecule has 1 aliphatic rings. The van der Waals surface area contributed by atoms with Gasteiger partial charge in [0.05, 0.1) is 6.54 Å². The van der Waals surface area contributed by atoms with Crippen molar-refractivity contribution in [1.29, 1.82) is 0 Å². The van der Waals surface area contributed by atoms with E-state index in [1.165, 1.54) is 12.8 Å². The zero-order valence-electron chi connectivity index (χ0n) is 11.4. The zero-order valence-corrected chi connectivity index (χ0v) is 13.7. The summed E-state index contributed by atoms with van der Waals surface area (Å²) in [7, 11) is 0. The van der Waals surface area contributed by atoms with Crippen molar-refractivity contribution in [2.45, 2.75) is 25.8 Å². The minimum atomic E-state index is 0. The molecule has 0 saturated heterocycles. The quantitative estimate of drug-likeness (QED) is 0.457. The molecular weight excluding hydrogens is 351 g/mol. The smallest absolute Gasteiger partial charge is 0.193 e. The molecule has 1 aromatic carbocycles. The molecule has 0 atom stereocenters. The van der Waals surface area contributed by atoms with Crippen LogP contribution in [0.15, 0.2) is 35.3 Å². The number of para-hydroxylation sites is 1. The van der Waals surface area contributed by atoms with E-state index in [9.17, 15) is 0 Å². The lowest BCUT2D eigenvalue weighted by atomic mass is 10.3. The predicted molar refractivity (Wildman–Crippen MR) is 92.2 cm³/mol. The lowest BCUT2D eigenvalue weighted by Gasteiger charge is -2.18. The van der Waals surface area contributed by atoms with Crippen LogP contribution in [-0.4, -0.2) is 36.5 Å². The number of likely N-dealkylation sites (N-methyl/N-ethyl adjacent to an activating group) is 1. The third-order valence-corrected chi connectivity index (χ3v) is 3.19. The predicted octanol–water partition coefficient (Wildman–Crippen LogP) is 2.52. The second-order valence-electron chi connectivity index (χ2n) is 4.62. The number of nitrogens with zero attached hydrogens (tertiary/aromatic N) is 2. The summed E-state index contributed by atoms with van der Waals surface area (Å²) in [5.41, 5.74) is 6.83. The van der Waals surface area contributed by atoms with Crippen molar-refractivity contribution >= 4 is 35.6 Å². The molecule has 0 radical (unpaired) electrons. The van der Waals surface area contributed by atoms with Gasteiger partial charge in [-0.3, -0.25) is 9.89 Å². The van der Waals surface area contributed by atoms with Gasteiger partial charge in [-0.25, -0.2) is 0 Å². The van der Waals surface area contributed by atoms with Crippen molar-refractivity contribution in [1.82, 2.24) is 4.90 Å². The Bertz CT molecular complexity index is 390. The van der Waals surface area contributed by atoms with Gasteiger partial charge in [0, 0.05) is 18.3 Å². The van der Waals surface area contributed by atoms with Crippen LogP contribution in [0.3, 0.4) is 0 Å². The van der Waals surface area contributed by atoms with Crippen LogP contribution in [0, 0.1) is 0 Å². The fourth-order valence-electron chi connectivity index (χ4n) is 2.05. The highest BCUT2D eigenvalue weighted by Gasteiger charge is 2.26. The Morgan fingerprint density at radius 3 is 2.63 bits per heavy atom. The van der Waals surface area contributed by atoms with Crippen LogP contribution in [0.25, 0.3) is 0 Å². The maximum Gasteiger partial charge on any atom is 0.193 e. The van der Waals surface area contributed by atoms with Crippen LogP contribution in [-0.2, 0) is 0 Å². The number of hydrogen-bond donors (Lipinski definition) is 2. The Kier molecular flexibility index (Phi) is 7.15. The monoisotopic (exact) mass is 374 g/mol. The first-order chi connectivity index (χ1) is 8.79. The molecule has 5 heteroatoms. The fourth-order valence-corrected chi connectivity index (χ4v) is 2.05. The molecule has 1 fully saturated rings. The third-order valence-electron chi connectivity index (χ3n) is 3.19. The highest BCUT2D eigenvalue weighted by atomic mass is 127. The molecule has 0 aromatic heterocycles. The third kappa shape index (κ3) is 5.78. The number of rotatable bonds is 6. The highest BCUT2D eigenvalue weighted by Crippen LogP contribution is 2.25. The molecule has 1 aromatic rings. The Balaban J connectivity index is 0.00000180. The minimum absolute atomic E-state index is 0. The molecule has 0 heterocycles. The van der Waals surface area contributed by atoms with Crippen molar-refractivity contribution in [3.05, 3.63) is 30.3 Å². The van der Waals surface area contributed by atoms with Crippen LogP contribution < -0.4 is 11.1 Å². The average Bonchev–Trinajstić information content (AvgIpc) is 3.20. The molecular formula is C14H23IN4. The Morgan fingerprint density at radius 1 is 1.37 bits per heavy atom. The van der Waals surface area contributed by atoms with Gasteiger partial charge in [-0.2, -0.15) is 0 Å². The SMILES string of the molecule is CCN(CCN=C(N)Nc1ccccc1)C1CC1.I. The van der Waals surface area contributed by atoms with Crippen molar-refractivity contribution < 1.29 is 0 Å². The molecule has 1 aliphatic carbocycles. The Labute approximate surface area is 132 Å². The van der Waals surface area contributed by atoms with E-state index < -0.39 is 0 Å². The van der Waals surface area contributed by atoms with Crippen LogP contribution in [0.2, 0.25) is 0 Å². The van der Waals surface area contributed by atoms with Gasteiger partial charge in [-0.15, -0.1) is 24.0 Å². The van der Waals surface area contributed by atoms with Gasteiger partial charge in [0.1, 0.15) is 0 Å². The normalized spacial score (nSPS) is 15.2. The second-order valence-corrected chi connectivity index (χ2v) is 4.62. The van der Waals surface area contributed by atoms with E-state index in [-0.39, 0.29) is 24.0 Å². The lowest BCUT2D eigenvalue weighted by Crippen LogP contribution is -2.30. The molecule has 3 N–H and O–H groups in total. The van der Waals surface area contributed by atoms with E-state index in [1.807, 2.05) is 30.3 Å². The van der Waals surface area contributed by atoms with Crippen molar-refractivity contribution in [2.75, 3.05) is 25.0 Å². The minimum Gasteiger partial charge on any atom is -0.370 e. The molecule has 0 amide bonds. The first-order valence-corrected chi connectivity index (χ1v) is 6.65. The number of nitrogens with two attached hydrogens (primary N) is 1. The van der Waals surface area contributed by atoms with Gasteiger partial charge in [-0.1, -0.05) is 25.1 Å². The number of aliphatic imine (C=N–C) groups is 1. The summed E-state index contributed by atoms with van der Waals surface area (Å²) >= 11 is 0. The summed E-state index contributed by atoms with van der Waals surface area (Å²) in [5, 5.41) is 3.09. The molecule has 2 rings (SSSR count). The second kappa shape index (κ2) is 8.37. The number of hydrogen-bond acceptors (Lipinski definition) is 2. The standard InChI is InChI=1S/C14H22N4.HI/c1-2-18(13-8-9-13)11-10-16-14(15)17-12-6-4-3-5-7-12;/h3-7,13H,2,8-11H2,1H3,(H3,15,16,17);1H. The molecule has 19 heavy (non-hydrogen) atoms. The van der Waals surface area contributed by atoms with Crippen molar-refractivity contribution in [3.63, 3.8) is 0 Å². The zero-order chi connectivity index (χ0) is 12.8.